The van der Waals surface area contributed by atoms with Crippen molar-refractivity contribution >= 4 is 29.9 Å². The standard InChI is InChI=1S/C17H29N5.HI/c1-3-18-17(19-9-8-14-10-20-21(2)11-14)22-12-15-6-4-5-7-16(15)13-22;/h10-11,15-16H,3-9,12-13H2,1-2H3,(H,18,19);1H. The van der Waals surface area contributed by atoms with Gasteiger partial charge in [0.05, 0.1) is 6.20 Å². The van der Waals surface area contributed by atoms with Crippen molar-refractivity contribution in [1.82, 2.24) is 20.0 Å². The van der Waals surface area contributed by atoms with Crippen LogP contribution >= 0.6 is 24.0 Å². The number of hydrogen-bond acceptors (Lipinski definition) is 2. The lowest BCUT2D eigenvalue weighted by molar-refractivity contribution is 0.299. The highest BCUT2D eigenvalue weighted by Gasteiger charge is 2.35. The van der Waals surface area contributed by atoms with Crippen LogP contribution in [0.4, 0.5) is 0 Å². The lowest BCUT2D eigenvalue weighted by atomic mass is 9.82. The van der Waals surface area contributed by atoms with E-state index in [1.807, 2.05) is 17.9 Å². The highest BCUT2D eigenvalue weighted by molar-refractivity contribution is 14.0. The number of nitrogens with zero attached hydrogens (tertiary/aromatic N) is 4. The summed E-state index contributed by atoms with van der Waals surface area (Å²) < 4.78 is 1.86. The Balaban J connectivity index is 0.00000192. The fourth-order valence-corrected chi connectivity index (χ4v) is 3.90. The number of likely N-dealkylation sites (tertiary alicyclic amines) is 1. The fourth-order valence-electron chi connectivity index (χ4n) is 3.90. The number of rotatable bonds is 4. The van der Waals surface area contributed by atoms with Gasteiger partial charge in [0.25, 0.3) is 0 Å². The Morgan fingerprint density at radius 3 is 2.57 bits per heavy atom. The molecule has 6 heteroatoms. The second-order valence-electron chi connectivity index (χ2n) is 6.72. The van der Waals surface area contributed by atoms with Crippen LogP contribution in [0.1, 0.15) is 38.2 Å². The summed E-state index contributed by atoms with van der Waals surface area (Å²) in [5.74, 6) is 2.91. The van der Waals surface area contributed by atoms with Crippen molar-refractivity contribution in [1.29, 1.82) is 0 Å². The molecular weight excluding hydrogens is 401 g/mol. The van der Waals surface area contributed by atoms with Crippen LogP contribution in [0.25, 0.3) is 0 Å². The van der Waals surface area contributed by atoms with E-state index in [0.29, 0.717) is 0 Å². The number of halogens is 1. The van der Waals surface area contributed by atoms with Crippen molar-refractivity contribution in [3.05, 3.63) is 18.0 Å². The summed E-state index contributed by atoms with van der Waals surface area (Å²) in [6, 6.07) is 0. The maximum absolute atomic E-state index is 4.85. The lowest BCUT2D eigenvalue weighted by Crippen LogP contribution is -2.40. The third-order valence-corrected chi connectivity index (χ3v) is 5.03. The first-order valence-corrected chi connectivity index (χ1v) is 8.77. The molecule has 130 valence electrons. The summed E-state index contributed by atoms with van der Waals surface area (Å²) in [5.41, 5.74) is 1.26. The molecule has 1 saturated heterocycles. The molecule has 2 unspecified atom stereocenters. The van der Waals surface area contributed by atoms with Gasteiger partial charge in [-0.2, -0.15) is 5.10 Å². The van der Waals surface area contributed by atoms with Crippen LogP contribution in [0, 0.1) is 11.8 Å². The number of aliphatic imine (C=N–C) groups is 1. The maximum Gasteiger partial charge on any atom is 0.193 e. The molecular formula is C17H30IN5. The molecule has 0 aromatic carbocycles. The normalized spacial score (nSPS) is 24.3. The molecule has 2 aliphatic rings. The molecule has 0 radical (unpaired) electrons. The van der Waals surface area contributed by atoms with Crippen molar-refractivity contribution < 1.29 is 0 Å². The van der Waals surface area contributed by atoms with Crippen LogP contribution in [-0.2, 0) is 13.5 Å². The Labute approximate surface area is 156 Å². The molecule has 1 aromatic rings. The quantitative estimate of drug-likeness (QED) is 0.453. The van der Waals surface area contributed by atoms with Crippen LogP contribution in [0.15, 0.2) is 17.4 Å². The molecule has 0 spiro atoms. The molecule has 1 aliphatic heterocycles. The van der Waals surface area contributed by atoms with Crippen LogP contribution in [0.2, 0.25) is 0 Å². The van der Waals surface area contributed by atoms with Crippen LogP contribution in [0.3, 0.4) is 0 Å². The predicted molar refractivity (Wildman–Crippen MR) is 105 cm³/mol. The highest BCUT2D eigenvalue weighted by Crippen LogP contribution is 2.35. The first kappa shape index (κ1) is 18.5. The number of guanidine groups is 1. The molecule has 1 aliphatic carbocycles. The number of aromatic nitrogens is 2. The van der Waals surface area contributed by atoms with Crippen molar-refractivity contribution in [3.8, 4) is 0 Å². The molecule has 2 heterocycles. The fraction of sp³-hybridized carbons (Fsp3) is 0.765. The van der Waals surface area contributed by atoms with E-state index in [-0.39, 0.29) is 24.0 Å². The smallest absolute Gasteiger partial charge is 0.193 e. The summed E-state index contributed by atoms with van der Waals surface area (Å²) in [5, 5.41) is 7.70. The summed E-state index contributed by atoms with van der Waals surface area (Å²) in [6.45, 7) is 6.32. The Kier molecular flexibility index (Phi) is 7.17. The van der Waals surface area contributed by atoms with E-state index in [0.717, 1.165) is 37.3 Å². The number of aryl methyl sites for hydroxylation is 1. The minimum absolute atomic E-state index is 0. The predicted octanol–water partition coefficient (Wildman–Crippen LogP) is 2.67. The van der Waals surface area contributed by atoms with Gasteiger partial charge in [0.1, 0.15) is 0 Å². The Hall–Kier alpha value is -0.790. The number of hydrogen-bond donors (Lipinski definition) is 1. The molecule has 1 aromatic heterocycles. The van der Waals surface area contributed by atoms with Crippen LogP contribution in [0.5, 0.6) is 0 Å². The lowest BCUT2D eigenvalue weighted by Gasteiger charge is -2.22. The van der Waals surface area contributed by atoms with Gasteiger partial charge in [-0.3, -0.25) is 9.67 Å². The van der Waals surface area contributed by atoms with E-state index in [9.17, 15) is 0 Å². The average Bonchev–Trinajstić information content (AvgIpc) is 3.12. The van der Waals surface area contributed by atoms with Gasteiger partial charge in [0, 0.05) is 39.4 Å². The average molecular weight is 431 g/mol. The summed E-state index contributed by atoms with van der Waals surface area (Å²) in [7, 11) is 1.96. The molecule has 1 saturated carbocycles. The van der Waals surface area contributed by atoms with E-state index in [1.165, 1.54) is 44.3 Å². The largest absolute Gasteiger partial charge is 0.357 e. The minimum atomic E-state index is 0. The molecule has 3 rings (SSSR count). The van der Waals surface area contributed by atoms with E-state index >= 15 is 0 Å². The second-order valence-corrected chi connectivity index (χ2v) is 6.72. The molecule has 23 heavy (non-hydrogen) atoms. The van der Waals surface area contributed by atoms with E-state index in [4.69, 9.17) is 4.99 Å². The van der Waals surface area contributed by atoms with Crippen LogP contribution in [-0.4, -0.2) is 46.8 Å². The summed E-state index contributed by atoms with van der Waals surface area (Å²) >= 11 is 0. The Bertz CT molecular complexity index is 499. The summed E-state index contributed by atoms with van der Waals surface area (Å²) in [4.78, 5) is 7.35. The van der Waals surface area contributed by atoms with Crippen molar-refractivity contribution in [2.75, 3.05) is 26.2 Å². The zero-order chi connectivity index (χ0) is 15.4. The SMILES string of the molecule is CCNC(=NCCc1cnn(C)c1)N1CC2CCCCC2C1.I. The Morgan fingerprint density at radius 1 is 1.30 bits per heavy atom. The Morgan fingerprint density at radius 2 is 2.00 bits per heavy atom. The van der Waals surface area contributed by atoms with Gasteiger partial charge < -0.3 is 10.2 Å². The zero-order valence-corrected chi connectivity index (χ0v) is 16.7. The van der Waals surface area contributed by atoms with Crippen molar-refractivity contribution in [2.24, 2.45) is 23.9 Å². The first-order valence-electron chi connectivity index (χ1n) is 8.77. The van der Waals surface area contributed by atoms with Gasteiger partial charge in [0.2, 0.25) is 0 Å². The topological polar surface area (TPSA) is 45.5 Å². The molecule has 0 bridgehead atoms. The van der Waals surface area contributed by atoms with Crippen LogP contribution < -0.4 is 5.32 Å². The number of fused-ring (bicyclic) bond motifs is 1. The van der Waals surface area contributed by atoms with Gasteiger partial charge in [0.15, 0.2) is 5.96 Å². The van der Waals surface area contributed by atoms with Crippen molar-refractivity contribution in [2.45, 2.75) is 39.0 Å². The molecule has 0 amide bonds. The molecule has 2 atom stereocenters. The highest BCUT2D eigenvalue weighted by atomic mass is 127. The van der Waals surface area contributed by atoms with Gasteiger partial charge in [-0.05, 0) is 43.6 Å². The first-order chi connectivity index (χ1) is 10.8. The van der Waals surface area contributed by atoms with Crippen molar-refractivity contribution in [3.63, 3.8) is 0 Å². The monoisotopic (exact) mass is 431 g/mol. The van der Waals surface area contributed by atoms with E-state index < -0.39 is 0 Å². The van der Waals surface area contributed by atoms with Gasteiger partial charge in [-0.1, -0.05) is 12.8 Å². The maximum atomic E-state index is 4.85. The third kappa shape index (κ3) is 4.84. The molecule has 2 fully saturated rings. The number of nitrogens with one attached hydrogen (secondary N) is 1. The van der Waals surface area contributed by atoms with E-state index in [1.54, 1.807) is 0 Å². The van der Waals surface area contributed by atoms with Gasteiger partial charge >= 0.3 is 0 Å². The zero-order valence-electron chi connectivity index (χ0n) is 14.4. The van der Waals surface area contributed by atoms with Gasteiger partial charge in [-0.25, -0.2) is 0 Å². The molecule has 5 nitrogen and oxygen atoms in total. The third-order valence-electron chi connectivity index (χ3n) is 5.03. The van der Waals surface area contributed by atoms with E-state index in [2.05, 4.69) is 28.4 Å². The summed E-state index contributed by atoms with van der Waals surface area (Å²) in [6.07, 6.45) is 10.6. The van der Waals surface area contributed by atoms with Gasteiger partial charge in [-0.15, -0.1) is 24.0 Å². The minimum Gasteiger partial charge on any atom is -0.357 e. The second kappa shape index (κ2) is 8.89. The molecule has 1 N–H and O–H groups in total.